The summed E-state index contributed by atoms with van der Waals surface area (Å²) in [5, 5.41) is 0. The second kappa shape index (κ2) is 4.70. The molecule has 3 rings (SSSR count). The van der Waals surface area contributed by atoms with E-state index in [2.05, 4.69) is 9.97 Å². The lowest BCUT2D eigenvalue weighted by atomic mass is 10.2. The van der Waals surface area contributed by atoms with Gasteiger partial charge in [-0.2, -0.15) is 4.98 Å². The molecule has 0 aliphatic heterocycles. The van der Waals surface area contributed by atoms with Gasteiger partial charge >= 0.3 is 0 Å². The van der Waals surface area contributed by atoms with Gasteiger partial charge in [0.25, 0.3) is 6.01 Å². The van der Waals surface area contributed by atoms with E-state index in [1.807, 2.05) is 24.3 Å². The summed E-state index contributed by atoms with van der Waals surface area (Å²) in [4.78, 5) is 7.15. The first kappa shape index (κ1) is 11.7. The predicted octanol–water partition coefficient (Wildman–Crippen LogP) is 2.95. The summed E-state index contributed by atoms with van der Waals surface area (Å²) in [7, 11) is 0. The molecule has 0 atom stereocenters. The minimum absolute atomic E-state index is 0.312. The van der Waals surface area contributed by atoms with Crippen LogP contribution in [-0.4, -0.2) is 9.97 Å². The Labute approximate surface area is 109 Å². The van der Waals surface area contributed by atoms with Crippen LogP contribution in [0, 0.1) is 5.82 Å². The van der Waals surface area contributed by atoms with Gasteiger partial charge < -0.3 is 15.5 Å². The third-order valence-electron chi connectivity index (χ3n) is 2.77. The van der Waals surface area contributed by atoms with Crippen molar-refractivity contribution in [3.63, 3.8) is 0 Å². The van der Waals surface area contributed by atoms with Crippen LogP contribution in [0.1, 0.15) is 5.56 Å². The highest BCUT2D eigenvalue weighted by atomic mass is 19.1. The number of rotatable bonds is 3. The third-order valence-corrected chi connectivity index (χ3v) is 2.77. The highest BCUT2D eigenvalue weighted by Crippen LogP contribution is 2.23. The van der Waals surface area contributed by atoms with Gasteiger partial charge in [-0.15, -0.1) is 0 Å². The SMILES string of the molecule is NCc1cccc(Oc2nc3ccc(F)cc3[nH]2)c1. The smallest absolute Gasteiger partial charge is 0.300 e. The number of H-pyrrole nitrogens is 1. The van der Waals surface area contributed by atoms with Crippen molar-refractivity contribution < 1.29 is 9.13 Å². The molecule has 0 saturated carbocycles. The van der Waals surface area contributed by atoms with Crippen LogP contribution in [0.5, 0.6) is 11.8 Å². The summed E-state index contributed by atoms with van der Waals surface area (Å²) < 4.78 is 18.7. The van der Waals surface area contributed by atoms with Crippen LogP contribution >= 0.6 is 0 Å². The molecule has 3 aromatic rings. The zero-order chi connectivity index (χ0) is 13.2. The van der Waals surface area contributed by atoms with Crippen molar-refractivity contribution in [1.29, 1.82) is 0 Å². The number of ether oxygens (including phenoxy) is 1. The minimum Gasteiger partial charge on any atom is -0.426 e. The number of aromatic amines is 1. The second-order valence-electron chi connectivity index (χ2n) is 4.16. The summed E-state index contributed by atoms with van der Waals surface area (Å²) in [6.07, 6.45) is 0. The number of nitrogens with one attached hydrogen (secondary N) is 1. The van der Waals surface area contributed by atoms with E-state index >= 15 is 0 Å². The zero-order valence-electron chi connectivity index (χ0n) is 10.1. The molecule has 5 heteroatoms. The second-order valence-corrected chi connectivity index (χ2v) is 4.16. The fraction of sp³-hybridized carbons (Fsp3) is 0.0714. The number of imidazole rings is 1. The monoisotopic (exact) mass is 257 g/mol. The van der Waals surface area contributed by atoms with E-state index < -0.39 is 0 Å². The quantitative estimate of drug-likeness (QED) is 0.758. The topological polar surface area (TPSA) is 63.9 Å². The van der Waals surface area contributed by atoms with Gasteiger partial charge in [0.05, 0.1) is 11.0 Å². The van der Waals surface area contributed by atoms with Gasteiger partial charge in [-0.1, -0.05) is 12.1 Å². The lowest BCUT2D eigenvalue weighted by Gasteiger charge is -2.03. The third kappa shape index (κ3) is 2.41. The lowest BCUT2D eigenvalue weighted by molar-refractivity contribution is 0.449. The van der Waals surface area contributed by atoms with Gasteiger partial charge in [-0.3, -0.25) is 0 Å². The van der Waals surface area contributed by atoms with E-state index in [1.165, 1.54) is 12.1 Å². The molecule has 0 amide bonds. The Hall–Kier alpha value is -2.40. The van der Waals surface area contributed by atoms with E-state index in [0.29, 0.717) is 29.3 Å². The average molecular weight is 257 g/mol. The molecule has 0 fully saturated rings. The minimum atomic E-state index is -0.312. The molecule has 0 aliphatic rings. The molecule has 0 aliphatic carbocycles. The van der Waals surface area contributed by atoms with Crippen LogP contribution in [0.25, 0.3) is 11.0 Å². The van der Waals surface area contributed by atoms with Crippen LogP contribution in [0.15, 0.2) is 42.5 Å². The van der Waals surface area contributed by atoms with E-state index in [1.54, 1.807) is 6.07 Å². The summed E-state index contributed by atoms with van der Waals surface area (Å²) in [6.45, 7) is 0.447. The Morgan fingerprint density at radius 1 is 1.21 bits per heavy atom. The van der Waals surface area contributed by atoms with Crippen molar-refractivity contribution in [2.24, 2.45) is 5.73 Å². The van der Waals surface area contributed by atoms with Crippen molar-refractivity contribution in [3.05, 3.63) is 53.8 Å². The maximum atomic E-state index is 13.1. The number of hydrogen-bond donors (Lipinski definition) is 2. The summed E-state index contributed by atoms with van der Waals surface area (Å²) in [5.74, 6) is 0.329. The van der Waals surface area contributed by atoms with Gasteiger partial charge in [0.1, 0.15) is 11.6 Å². The van der Waals surface area contributed by atoms with Gasteiger partial charge in [-0.25, -0.2) is 4.39 Å². The normalized spacial score (nSPS) is 10.8. The maximum Gasteiger partial charge on any atom is 0.300 e. The molecule has 19 heavy (non-hydrogen) atoms. The average Bonchev–Trinajstić information content (AvgIpc) is 2.80. The lowest BCUT2D eigenvalue weighted by Crippen LogP contribution is -1.96. The fourth-order valence-electron chi connectivity index (χ4n) is 1.85. The number of nitrogens with two attached hydrogens (primary N) is 1. The van der Waals surface area contributed by atoms with Crippen LogP contribution in [0.3, 0.4) is 0 Å². The molecule has 0 spiro atoms. The first-order valence-electron chi connectivity index (χ1n) is 5.87. The van der Waals surface area contributed by atoms with Gasteiger partial charge in [0.2, 0.25) is 0 Å². The van der Waals surface area contributed by atoms with E-state index in [0.717, 1.165) is 5.56 Å². The molecule has 1 heterocycles. The number of nitrogens with zero attached hydrogens (tertiary/aromatic N) is 1. The van der Waals surface area contributed by atoms with Crippen molar-refractivity contribution >= 4 is 11.0 Å². The highest BCUT2D eigenvalue weighted by molar-refractivity contribution is 5.75. The molecule has 0 unspecified atom stereocenters. The van der Waals surface area contributed by atoms with Crippen LogP contribution in [0.4, 0.5) is 4.39 Å². The van der Waals surface area contributed by atoms with Crippen LogP contribution in [-0.2, 0) is 6.54 Å². The molecule has 3 N–H and O–H groups in total. The number of hydrogen-bond acceptors (Lipinski definition) is 3. The molecular weight excluding hydrogens is 245 g/mol. The standard InChI is InChI=1S/C14H12FN3O/c15-10-4-5-12-13(7-10)18-14(17-12)19-11-3-1-2-9(6-11)8-16/h1-7H,8,16H2,(H,17,18). The number of benzene rings is 2. The van der Waals surface area contributed by atoms with Crippen LogP contribution in [0.2, 0.25) is 0 Å². The number of fused-ring (bicyclic) bond motifs is 1. The molecular formula is C14H12FN3O. The molecule has 2 aromatic carbocycles. The van der Waals surface area contributed by atoms with E-state index in [4.69, 9.17) is 10.5 Å². The van der Waals surface area contributed by atoms with Gasteiger partial charge in [0, 0.05) is 6.54 Å². The summed E-state index contributed by atoms with van der Waals surface area (Å²) in [6, 6.07) is 12.1. The van der Waals surface area contributed by atoms with Crippen molar-refractivity contribution in [3.8, 4) is 11.8 Å². The van der Waals surface area contributed by atoms with E-state index in [9.17, 15) is 4.39 Å². The Bertz CT molecular complexity index is 724. The van der Waals surface area contributed by atoms with Crippen molar-refractivity contribution in [2.45, 2.75) is 6.54 Å². The number of aromatic nitrogens is 2. The molecule has 0 bridgehead atoms. The molecule has 0 radical (unpaired) electrons. The Balaban J connectivity index is 1.92. The largest absolute Gasteiger partial charge is 0.426 e. The zero-order valence-corrected chi connectivity index (χ0v) is 10.1. The molecule has 0 saturated heterocycles. The first-order chi connectivity index (χ1) is 9.24. The van der Waals surface area contributed by atoms with Gasteiger partial charge in [0.15, 0.2) is 0 Å². The maximum absolute atomic E-state index is 13.1. The predicted molar refractivity (Wildman–Crippen MR) is 70.5 cm³/mol. The van der Waals surface area contributed by atoms with Crippen LogP contribution < -0.4 is 10.5 Å². The molecule has 4 nitrogen and oxygen atoms in total. The van der Waals surface area contributed by atoms with Crippen molar-refractivity contribution in [1.82, 2.24) is 9.97 Å². The first-order valence-corrected chi connectivity index (χ1v) is 5.87. The summed E-state index contributed by atoms with van der Waals surface area (Å²) >= 11 is 0. The van der Waals surface area contributed by atoms with Crippen molar-refractivity contribution in [2.75, 3.05) is 0 Å². The summed E-state index contributed by atoms with van der Waals surface area (Å²) in [5.41, 5.74) is 7.80. The Morgan fingerprint density at radius 2 is 2.11 bits per heavy atom. The molecule has 1 aromatic heterocycles. The Morgan fingerprint density at radius 3 is 2.95 bits per heavy atom. The van der Waals surface area contributed by atoms with Gasteiger partial charge in [-0.05, 0) is 35.9 Å². The number of halogens is 1. The molecule has 96 valence electrons. The highest BCUT2D eigenvalue weighted by Gasteiger charge is 2.06. The Kier molecular flexibility index (Phi) is 2.89. The van der Waals surface area contributed by atoms with E-state index in [-0.39, 0.29) is 5.82 Å². The fourth-order valence-corrected chi connectivity index (χ4v) is 1.85.